The van der Waals surface area contributed by atoms with Crippen LogP contribution in [0, 0.1) is 23.1 Å². The zero-order chi connectivity index (χ0) is 33.6. The first-order valence-electron chi connectivity index (χ1n) is 16.5. The molecule has 0 aromatic heterocycles. The third-order valence-electron chi connectivity index (χ3n) is 10.4. The number of carbonyl (C=O) groups excluding carboxylic acids is 3. The van der Waals surface area contributed by atoms with E-state index in [1.807, 2.05) is 19.9 Å². The van der Waals surface area contributed by atoms with Crippen LogP contribution in [0.25, 0.3) is 0 Å². The summed E-state index contributed by atoms with van der Waals surface area (Å²) in [5, 5.41) is 7.00. The monoisotopic (exact) mass is 673 g/mol. The van der Waals surface area contributed by atoms with Gasteiger partial charge >= 0.3 is 5.97 Å². The van der Waals surface area contributed by atoms with Crippen LogP contribution in [0.2, 0.25) is 10.0 Å². The van der Waals surface area contributed by atoms with Gasteiger partial charge in [-0.2, -0.15) is 0 Å². The molecule has 2 heterocycles. The Hall–Kier alpha value is -2.52. The maximum atomic E-state index is 16.0. The molecule has 0 unspecified atom stereocenters. The molecule has 2 fully saturated rings. The first-order chi connectivity index (χ1) is 21.7. The van der Waals surface area contributed by atoms with Gasteiger partial charge < -0.3 is 21.1 Å². The fraction of sp³-hybridized carbons (Fsp3) is 0.583. The predicted molar refractivity (Wildman–Crippen MR) is 180 cm³/mol. The topological polar surface area (TPSA) is 111 Å². The molecule has 2 aromatic carbocycles. The fourth-order valence-corrected chi connectivity index (χ4v) is 8.15. The minimum Gasteiger partial charge on any atom is -0.461 e. The lowest BCUT2D eigenvalue weighted by atomic mass is 9.62. The van der Waals surface area contributed by atoms with Crippen molar-refractivity contribution in [2.24, 2.45) is 23.0 Å². The van der Waals surface area contributed by atoms with E-state index in [0.29, 0.717) is 48.4 Å². The van der Waals surface area contributed by atoms with Gasteiger partial charge in [-0.1, -0.05) is 82.4 Å². The molecule has 0 bridgehead atoms. The number of nitrogens with two attached hydrogens (primary N) is 1. The van der Waals surface area contributed by atoms with Crippen molar-refractivity contribution in [2.45, 2.75) is 115 Å². The highest BCUT2D eigenvalue weighted by Crippen LogP contribution is 2.57. The molecule has 6 atom stereocenters. The molecule has 3 aliphatic rings. The molecule has 5 rings (SSSR count). The van der Waals surface area contributed by atoms with Crippen LogP contribution >= 0.6 is 23.2 Å². The molecule has 10 heteroatoms. The fourth-order valence-electron chi connectivity index (χ4n) is 7.80. The summed E-state index contributed by atoms with van der Waals surface area (Å²) < 4.78 is 21.8. The van der Waals surface area contributed by atoms with E-state index >= 15 is 4.39 Å². The van der Waals surface area contributed by atoms with E-state index < -0.39 is 35.3 Å². The summed E-state index contributed by atoms with van der Waals surface area (Å²) in [6.45, 7) is 10.2. The molecule has 1 aliphatic carbocycles. The Morgan fingerprint density at radius 1 is 1.13 bits per heavy atom. The molecule has 1 saturated heterocycles. The zero-order valence-corrected chi connectivity index (χ0v) is 28.8. The van der Waals surface area contributed by atoms with Gasteiger partial charge in [0, 0.05) is 29.1 Å². The van der Waals surface area contributed by atoms with E-state index in [4.69, 9.17) is 33.7 Å². The van der Waals surface area contributed by atoms with Crippen molar-refractivity contribution < 1.29 is 23.5 Å². The third-order valence-corrected chi connectivity index (χ3v) is 10.9. The van der Waals surface area contributed by atoms with E-state index in [9.17, 15) is 14.4 Å². The molecule has 250 valence electrons. The van der Waals surface area contributed by atoms with E-state index in [2.05, 4.69) is 31.4 Å². The van der Waals surface area contributed by atoms with Gasteiger partial charge in [0.2, 0.25) is 5.91 Å². The van der Waals surface area contributed by atoms with Crippen LogP contribution in [-0.2, 0) is 24.5 Å². The van der Waals surface area contributed by atoms with Crippen molar-refractivity contribution in [2.75, 3.05) is 5.32 Å². The number of amides is 1. The number of ether oxygens (including phenoxy) is 1. The third kappa shape index (κ3) is 6.60. The molecule has 2 aliphatic heterocycles. The molecule has 1 spiro atoms. The second kappa shape index (κ2) is 13.5. The van der Waals surface area contributed by atoms with E-state index in [0.717, 1.165) is 6.42 Å². The molecule has 1 amide bonds. The number of fused-ring (bicyclic) bond motifs is 2. The van der Waals surface area contributed by atoms with Gasteiger partial charge in [-0.25, -0.2) is 4.39 Å². The van der Waals surface area contributed by atoms with Crippen molar-refractivity contribution in [1.29, 1.82) is 0 Å². The molecule has 4 N–H and O–H groups in total. The Labute approximate surface area is 281 Å². The lowest BCUT2D eigenvalue weighted by molar-refractivity contribution is -0.154. The second-order valence-corrected chi connectivity index (χ2v) is 15.6. The van der Waals surface area contributed by atoms with Crippen LogP contribution in [0.15, 0.2) is 36.4 Å². The molecule has 0 radical (unpaired) electrons. The summed E-state index contributed by atoms with van der Waals surface area (Å²) in [6, 6.07) is 8.08. The van der Waals surface area contributed by atoms with Gasteiger partial charge in [-0.05, 0) is 78.7 Å². The normalized spacial score (nSPS) is 28.9. The number of esters is 1. The Kier molecular flexibility index (Phi) is 10.2. The van der Waals surface area contributed by atoms with Crippen LogP contribution in [0.3, 0.4) is 0 Å². The van der Waals surface area contributed by atoms with Crippen molar-refractivity contribution in [1.82, 2.24) is 5.32 Å². The van der Waals surface area contributed by atoms with Crippen molar-refractivity contribution >= 4 is 46.5 Å². The van der Waals surface area contributed by atoms with Crippen LogP contribution in [0.5, 0.6) is 0 Å². The molecule has 7 nitrogen and oxygen atoms in total. The van der Waals surface area contributed by atoms with Crippen LogP contribution in [-0.4, -0.2) is 41.9 Å². The predicted octanol–water partition coefficient (Wildman–Crippen LogP) is 7.32. The Balaban J connectivity index is 1.45. The van der Waals surface area contributed by atoms with Crippen LogP contribution in [0.4, 0.5) is 10.1 Å². The van der Waals surface area contributed by atoms with Crippen LogP contribution in [0.1, 0.15) is 96.6 Å². The molecule has 1 saturated carbocycles. The number of ketones is 1. The lowest BCUT2D eigenvalue weighted by Gasteiger charge is -2.38. The highest BCUT2D eigenvalue weighted by atomic mass is 35.5. The number of halogens is 3. The van der Waals surface area contributed by atoms with Gasteiger partial charge in [-0.15, -0.1) is 0 Å². The first-order valence-corrected chi connectivity index (χ1v) is 17.2. The average molecular weight is 675 g/mol. The lowest BCUT2D eigenvalue weighted by Crippen LogP contribution is -2.49. The number of rotatable bonds is 9. The Morgan fingerprint density at radius 2 is 1.83 bits per heavy atom. The van der Waals surface area contributed by atoms with Gasteiger partial charge in [0.05, 0.1) is 11.1 Å². The number of hydrogen-bond acceptors (Lipinski definition) is 6. The quantitative estimate of drug-likeness (QED) is 0.241. The maximum Gasteiger partial charge on any atom is 0.323 e. The van der Waals surface area contributed by atoms with Crippen molar-refractivity contribution in [3.05, 3.63) is 63.4 Å². The number of Topliss-reactive ketones (excluding diaryl/α,β-unsaturated/α-hetero) is 1. The summed E-state index contributed by atoms with van der Waals surface area (Å²) in [6.07, 6.45) is 4.10. The van der Waals surface area contributed by atoms with E-state index in [1.165, 1.54) is 6.07 Å². The number of benzene rings is 2. The number of carbonyl (C=O) groups is 3. The van der Waals surface area contributed by atoms with Gasteiger partial charge in [-0.3, -0.25) is 14.4 Å². The van der Waals surface area contributed by atoms with Gasteiger partial charge in [0.1, 0.15) is 23.4 Å². The summed E-state index contributed by atoms with van der Waals surface area (Å²) >= 11 is 12.7. The van der Waals surface area contributed by atoms with E-state index in [1.54, 1.807) is 24.3 Å². The van der Waals surface area contributed by atoms with Gasteiger partial charge in [0.15, 0.2) is 5.78 Å². The summed E-state index contributed by atoms with van der Waals surface area (Å²) in [4.78, 5) is 41.3. The Bertz CT molecular complexity index is 1490. The number of hydrogen-bond donors (Lipinski definition) is 3. The van der Waals surface area contributed by atoms with Gasteiger partial charge in [0.25, 0.3) is 0 Å². The highest BCUT2D eigenvalue weighted by molar-refractivity contribution is 6.31. The summed E-state index contributed by atoms with van der Waals surface area (Å²) in [5.74, 6) is -2.11. The molecular formula is C36H46Cl2FN3O4. The standard InChI is InChI=1S/C36H46Cl2FN3O4/c1-6-19(2)31(40)33(44)46-22-13-10-20(11-14-22)16-27(43)32-29(23-8-7-9-25(38)30(23)39)36(28(42-32)18-35(3,4)5)24-15-12-21(37)17-26(24)41-34(36)45/h7-9,12,15,17,19-20,22,28-29,31-32,42H,6,10-11,13-14,16,18,40H2,1-5H3,(H,41,45)/t19-,20?,22?,28+,29-,31-,32-,36-/m0/s1. The van der Waals surface area contributed by atoms with Crippen LogP contribution < -0.4 is 16.4 Å². The number of anilines is 1. The molecule has 2 aromatic rings. The zero-order valence-electron chi connectivity index (χ0n) is 27.3. The van der Waals surface area contributed by atoms with E-state index in [-0.39, 0.29) is 58.0 Å². The summed E-state index contributed by atoms with van der Waals surface area (Å²) in [5.41, 5.74) is 6.09. The first kappa shape index (κ1) is 34.8. The smallest absolute Gasteiger partial charge is 0.323 e. The Morgan fingerprint density at radius 3 is 2.48 bits per heavy atom. The molecular weight excluding hydrogens is 628 g/mol. The van der Waals surface area contributed by atoms with Crippen molar-refractivity contribution in [3.63, 3.8) is 0 Å². The minimum absolute atomic E-state index is 0.0361. The SMILES string of the molecule is CC[C@H](C)[C@H](N)C(=O)OC1CCC(CC(=O)[C@@H]2N[C@H](CC(C)(C)C)[C@]3(C(=O)Nc4cc(Cl)ccc43)[C@H]2c2cccc(Cl)c2F)CC1. The minimum atomic E-state index is -1.28. The molecule has 46 heavy (non-hydrogen) atoms. The average Bonchev–Trinajstić information content (AvgIpc) is 3.47. The maximum absolute atomic E-state index is 16.0. The largest absolute Gasteiger partial charge is 0.461 e. The second-order valence-electron chi connectivity index (χ2n) is 14.8. The van der Waals surface area contributed by atoms with Crippen molar-refractivity contribution in [3.8, 4) is 0 Å². The highest BCUT2D eigenvalue weighted by Gasteiger charge is 2.66. The number of nitrogens with one attached hydrogen (secondary N) is 2. The summed E-state index contributed by atoms with van der Waals surface area (Å²) in [7, 11) is 0.